The van der Waals surface area contributed by atoms with E-state index in [1.54, 1.807) is 19.1 Å². The molecule has 5 heteroatoms. The molecule has 1 aromatic carbocycles. The van der Waals surface area contributed by atoms with Crippen LogP contribution in [-0.4, -0.2) is 29.8 Å². The topological polar surface area (TPSA) is 49.4 Å². The van der Waals surface area contributed by atoms with Crippen LogP contribution < -0.4 is 5.32 Å². The zero-order valence-corrected chi connectivity index (χ0v) is 14.8. The lowest BCUT2D eigenvalue weighted by Gasteiger charge is -2.33. The smallest absolute Gasteiger partial charge is 0.225 e. The summed E-state index contributed by atoms with van der Waals surface area (Å²) in [5, 5.41) is 2.76. The number of rotatable bonds is 5. The van der Waals surface area contributed by atoms with Crippen LogP contribution in [0.15, 0.2) is 18.2 Å². The fourth-order valence-electron chi connectivity index (χ4n) is 2.99. The van der Waals surface area contributed by atoms with E-state index in [1.165, 1.54) is 6.07 Å². The minimum Gasteiger partial charge on any atom is -0.342 e. The fourth-order valence-corrected chi connectivity index (χ4v) is 2.99. The van der Waals surface area contributed by atoms with Gasteiger partial charge in [-0.1, -0.05) is 19.9 Å². The van der Waals surface area contributed by atoms with Crippen molar-refractivity contribution in [2.75, 3.05) is 18.4 Å². The van der Waals surface area contributed by atoms with E-state index in [4.69, 9.17) is 0 Å². The Balaban J connectivity index is 1.80. The first-order chi connectivity index (χ1) is 11.4. The predicted octanol–water partition coefficient (Wildman–Crippen LogP) is 3.75. The van der Waals surface area contributed by atoms with Crippen molar-refractivity contribution in [3.05, 3.63) is 29.6 Å². The second kappa shape index (κ2) is 8.27. The SMILES string of the molecule is CC[C@H](C)C(=O)N1CCC(CC(=O)Nc2ccc(C)c(F)c2)CC1. The molecular weight excluding hydrogens is 307 g/mol. The first-order valence-corrected chi connectivity index (χ1v) is 8.75. The lowest BCUT2D eigenvalue weighted by atomic mass is 9.92. The van der Waals surface area contributed by atoms with Gasteiger partial charge in [0.2, 0.25) is 11.8 Å². The highest BCUT2D eigenvalue weighted by Crippen LogP contribution is 2.23. The normalized spacial score (nSPS) is 16.8. The van der Waals surface area contributed by atoms with E-state index >= 15 is 0 Å². The van der Waals surface area contributed by atoms with E-state index in [9.17, 15) is 14.0 Å². The van der Waals surface area contributed by atoms with Gasteiger partial charge in [0.1, 0.15) is 5.82 Å². The number of benzene rings is 1. The average Bonchev–Trinajstić information content (AvgIpc) is 2.57. The Labute approximate surface area is 143 Å². The molecule has 0 saturated carbocycles. The van der Waals surface area contributed by atoms with Crippen LogP contribution in [0.1, 0.15) is 45.1 Å². The molecule has 1 fully saturated rings. The number of nitrogens with one attached hydrogen (secondary N) is 1. The van der Waals surface area contributed by atoms with Crippen LogP contribution in [-0.2, 0) is 9.59 Å². The van der Waals surface area contributed by atoms with Crippen molar-refractivity contribution < 1.29 is 14.0 Å². The van der Waals surface area contributed by atoms with Gasteiger partial charge in [-0.25, -0.2) is 4.39 Å². The van der Waals surface area contributed by atoms with Crippen molar-refractivity contribution >= 4 is 17.5 Å². The van der Waals surface area contributed by atoms with E-state index in [-0.39, 0.29) is 29.5 Å². The molecule has 0 aliphatic carbocycles. The number of carbonyl (C=O) groups excluding carboxylic acids is 2. The van der Waals surface area contributed by atoms with E-state index in [0.29, 0.717) is 17.7 Å². The Morgan fingerprint density at radius 1 is 1.33 bits per heavy atom. The largest absolute Gasteiger partial charge is 0.342 e. The molecule has 24 heavy (non-hydrogen) atoms. The van der Waals surface area contributed by atoms with Crippen LogP contribution in [0.5, 0.6) is 0 Å². The molecule has 1 saturated heterocycles. The van der Waals surface area contributed by atoms with Gasteiger partial charge in [-0.3, -0.25) is 9.59 Å². The Kier molecular flexibility index (Phi) is 6.35. The lowest BCUT2D eigenvalue weighted by molar-refractivity contribution is -0.136. The van der Waals surface area contributed by atoms with E-state index < -0.39 is 0 Å². The van der Waals surface area contributed by atoms with E-state index in [1.807, 2.05) is 18.7 Å². The van der Waals surface area contributed by atoms with Crippen LogP contribution in [0.25, 0.3) is 0 Å². The van der Waals surface area contributed by atoms with Crippen molar-refractivity contribution in [1.82, 2.24) is 4.90 Å². The molecule has 1 aromatic rings. The maximum absolute atomic E-state index is 13.5. The van der Waals surface area contributed by atoms with Crippen LogP contribution >= 0.6 is 0 Å². The van der Waals surface area contributed by atoms with Gasteiger partial charge in [-0.2, -0.15) is 0 Å². The van der Waals surface area contributed by atoms with E-state index in [2.05, 4.69) is 5.32 Å². The first-order valence-electron chi connectivity index (χ1n) is 8.75. The molecule has 1 atom stereocenters. The highest BCUT2D eigenvalue weighted by Gasteiger charge is 2.26. The summed E-state index contributed by atoms with van der Waals surface area (Å²) in [5.74, 6) is 0.160. The summed E-state index contributed by atoms with van der Waals surface area (Å²) in [6, 6.07) is 4.72. The maximum Gasteiger partial charge on any atom is 0.225 e. The maximum atomic E-state index is 13.5. The monoisotopic (exact) mass is 334 g/mol. The van der Waals surface area contributed by atoms with Crippen LogP contribution in [0.2, 0.25) is 0 Å². The van der Waals surface area contributed by atoms with Crippen molar-refractivity contribution in [2.24, 2.45) is 11.8 Å². The number of amides is 2. The number of likely N-dealkylation sites (tertiary alicyclic amines) is 1. The quantitative estimate of drug-likeness (QED) is 0.891. The molecule has 0 spiro atoms. The summed E-state index contributed by atoms with van der Waals surface area (Å²) in [6.45, 7) is 7.12. The molecule has 0 unspecified atom stereocenters. The summed E-state index contributed by atoms with van der Waals surface area (Å²) in [6.07, 6.45) is 2.96. The number of piperidine rings is 1. The van der Waals surface area contributed by atoms with Crippen molar-refractivity contribution in [3.63, 3.8) is 0 Å². The minimum absolute atomic E-state index is 0.0706. The van der Waals surface area contributed by atoms with Gasteiger partial charge in [-0.05, 0) is 49.8 Å². The summed E-state index contributed by atoms with van der Waals surface area (Å²) in [7, 11) is 0. The highest BCUT2D eigenvalue weighted by atomic mass is 19.1. The van der Waals surface area contributed by atoms with Crippen molar-refractivity contribution in [3.8, 4) is 0 Å². The molecule has 1 N–H and O–H groups in total. The Morgan fingerprint density at radius 3 is 2.58 bits per heavy atom. The summed E-state index contributed by atoms with van der Waals surface area (Å²) >= 11 is 0. The van der Waals surface area contributed by atoms with Crippen LogP contribution in [0.4, 0.5) is 10.1 Å². The van der Waals surface area contributed by atoms with Crippen LogP contribution in [0, 0.1) is 24.6 Å². The molecule has 1 aliphatic heterocycles. The molecule has 0 aromatic heterocycles. The third-order valence-corrected chi connectivity index (χ3v) is 4.89. The first kappa shape index (κ1) is 18.4. The second-order valence-corrected chi connectivity index (χ2v) is 6.79. The highest BCUT2D eigenvalue weighted by molar-refractivity contribution is 5.90. The molecule has 0 radical (unpaired) electrons. The Bertz CT molecular complexity index is 595. The van der Waals surface area contributed by atoms with Gasteiger partial charge in [0.15, 0.2) is 0 Å². The van der Waals surface area contributed by atoms with Gasteiger partial charge < -0.3 is 10.2 Å². The van der Waals surface area contributed by atoms with E-state index in [0.717, 1.165) is 32.4 Å². The minimum atomic E-state index is -0.315. The standard InChI is InChI=1S/C19H27FN2O2/c1-4-13(2)19(24)22-9-7-15(8-10-22)11-18(23)21-16-6-5-14(3)17(20)12-16/h5-6,12-13,15H,4,7-11H2,1-3H3,(H,21,23)/t13-/m0/s1. The molecule has 2 amide bonds. The molecule has 132 valence electrons. The van der Waals surface area contributed by atoms with Crippen molar-refractivity contribution in [2.45, 2.75) is 46.5 Å². The summed E-state index contributed by atoms with van der Waals surface area (Å²) in [4.78, 5) is 26.2. The number of carbonyl (C=O) groups is 2. The van der Waals surface area contributed by atoms with Gasteiger partial charge in [0.25, 0.3) is 0 Å². The third-order valence-electron chi connectivity index (χ3n) is 4.89. The second-order valence-electron chi connectivity index (χ2n) is 6.79. The molecule has 1 aliphatic rings. The van der Waals surface area contributed by atoms with Gasteiger partial charge in [0, 0.05) is 31.1 Å². The zero-order valence-electron chi connectivity index (χ0n) is 14.8. The van der Waals surface area contributed by atoms with Gasteiger partial charge in [-0.15, -0.1) is 0 Å². The Morgan fingerprint density at radius 2 is 2.00 bits per heavy atom. The number of anilines is 1. The zero-order chi connectivity index (χ0) is 17.7. The summed E-state index contributed by atoms with van der Waals surface area (Å²) in [5.41, 5.74) is 1.05. The number of hydrogen-bond donors (Lipinski definition) is 1. The van der Waals surface area contributed by atoms with Gasteiger partial charge >= 0.3 is 0 Å². The molecular formula is C19H27FN2O2. The lowest BCUT2D eigenvalue weighted by Crippen LogP contribution is -2.41. The molecule has 2 rings (SSSR count). The third kappa shape index (κ3) is 4.79. The molecule has 0 bridgehead atoms. The fraction of sp³-hybridized carbons (Fsp3) is 0.579. The molecule has 4 nitrogen and oxygen atoms in total. The van der Waals surface area contributed by atoms with Crippen molar-refractivity contribution in [1.29, 1.82) is 0 Å². The summed E-state index contributed by atoms with van der Waals surface area (Å²) < 4.78 is 13.5. The molecule has 1 heterocycles. The number of nitrogens with zero attached hydrogens (tertiary/aromatic N) is 1. The van der Waals surface area contributed by atoms with Gasteiger partial charge in [0.05, 0.1) is 0 Å². The number of aryl methyl sites for hydroxylation is 1. The number of hydrogen-bond acceptors (Lipinski definition) is 2. The Hall–Kier alpha value is -1.91. The van der Waals surface area contributed by atoms with Crippen LogP contribution in [0.3, 0.4) is 0 Å². The average molecular weight is 334 g/mol. The number of halogens is 1. The predicted molar refractivity (Wildman–Crippen MR) is 93.1 cm³/mol.